The summed E-state index contributed by atoms with van der Waals surface area (Å²) in [6.45, 7) is 4.62. The molecule has 0 aliphatic heterocycles. The van der Waals surface area contributed by atoms with Gasteiger partial charge in [0.15, 0.2) is 5.96 Å². The predicted octanol–water partition coefficient (Wildman–Crippen LogP) is 4.62. The van der Waals surface area contributed by atoms with Gasteiger partial charge in [0, 0.05) is 32.7 Å². The van der Waals surface area contributed by atoms with E-state index in [9.17, 15) is 13.2 Å². The third kappa shape index (κ3) is 10.0. The molecule has 0 aliphatic carbocycles. The molecule has 2 N–H and O–H groups in total. The number of furan rings is 1. The van der Waals surface area contributed by atoms with Crippen molar-refractivity contribution in [3.63, 3.8) is 0 Å². The summed E-state index contributed by atoms with van der Waals surface area (Å²) < 4.78 is 49.2. The average molecular weight is 525 g/mol. The molecule has 2 rings (SSSR count). The summed E-state index contributed by atoms with van der Waals surface area (Å²) >= 11 is 0. The molecule has 162 valence electrons. The zero-order valence-corrected chi connectivity index (χ0v) is 18.6. The summed E-state index contributed by atoms with van der Waals surface area (Å²) in [5.74, 6) is 1.39. The Bertz CT molecular complexity index is 722. The first-order valence-corrected chi connectivity index (χ1v) is 9.27. The first kappa shape index (κ1) is 25.3. The lowest BCUT2D eigenvalue weighted by Crippen LogP contribution is -2.39. The van der Waals surface area contributed by atoms with E-state index in [2.05, 4.69) is 15.6 Å². The predicted molar refractivity (Wildman–Crippen MR) is 118 cm³/mol. The third-order valence-electron chi connectivity index (χ3n) is 3.88. The number of guanidine groups is 1. The largest absolute Gasteiger partial charge is 0.469 e. The van der Waals surface area contributed by atoms with Crippen LogP contribution in [0.25, 0.3) is 0 Å². The molecule has 0 aliphatic rings. The van der Waals surface area contributed by atoms with Gasteiger partial charge in [-0.3, -0.25) is 0 Å². The molecule has 2 aromatic rings. The summed E-state index contributed by atoms with van der Waals surface area (Å²) in [7, 11) is 0. The Labute approximate surface area is 186 Å². The molecule has 1 heterocycles. The Hall–Kier alpha value is -1.75. The average Bonchev–Trinajstić information content (AvgIpc) is 3.18. The molecule has 0 bridgehead atoms. The monoisotopic (exact) mass is 525 g/mol. The Morgan fingerprint density at radius 2 is 1.93 bits per heavy atom. The van der Waals surface area contributed by atoms with Crippen molar-refractivity contribution in [1.29, 1.82) is 0 Å². The molecule has 29 heavy (non-hydrogen) atoms. The van der Waals surface area contributed by atoms with E-state index < -0.39 is 11.7 Å². The molecular formula is C20H27F3IN3O2. The minimum absolute atomic E-state index is 0. The molecule has 0 atom stereocenters. The highest BCUT2D eigenvalue weighted by Crippen LogP contribution is 2.29. The van der Waals surface area contributed by atoms with Gasteiger partial charge in [-0.1, -0.05) is 12.1 Å². The van der Waals surface area contributed by atoms with Gasteiger partial charge in [-0.05, 0) is 43.2 Å². The Balaban J connectivity index is 0.00000420. The van der Waals surface area contributed by atoms with Crippen LogP contribution in [0.4, 0.5) is 13.2 Å². The van der Waals surface area contributed by atoms with Crippen LogP contribution < -0.4 is 10.6 Å². The van der Waals surface area contributed by atoms with Gasteiger partial charge < -0.3 is 19.8 Å². The normalized spacial score (nSPS) is 11.8. The quantitative estimate of drug-likeness (QED) is 0.206. The smallest absolute Gasteiger partial charge is 0.416 e. The van der Waals surface area contributed by atoms with Crippen molar-refractivity contribution in [2.45, 2.75) is 32.5 Å². The SMILES string of the molecule is CCOCCCNC(=NCc1cccc(C(F)(F)F)c1)NCCc1ccco1.I. The van der Waals surface area contributed by atoms with E-state index in [1.165, 1.54) is 6.07 Å². The second-order valence-electron chi connectivity index (χ2n) is 6.10. The van der Waals surface area contributed by atoms with Crippen LogP contribution in [0.5, 0.6) is 0 Å². The number of rotatable bonds is 10. The highest BCUT2D eigenvalue weighted by atomic mass is 127. The van der Waals surface area contributed by atoms with E-state index in [1.807, 2.05) is 19.1 Å². The van der Waals surface area contributed by atoms with Crippen LogP contribution in [0.3, 0.4) is 0 Å². The zero-order chi connectivity index (χ0) is 20.2. The van der Waals surface area contributed by atoms with E-state index in [1.54, 1.807) is 12.3 Å². The van der Waals surface area contributed by atoms with Crippen molar-refractivity contribution in [2.24, 2.45) is 4.99 Å². The van der Waals surface area contributed by atoms with Crippen LogP contribution >= 0.6 is 24.0 Å². The molecule has 1 aromatic carbocycles. The lowest BCUT2D eigenvalue weighted by molar-refractivity contribution is -0.137. The second kappa shape index (κ2) is 13.5. The van der Waals surface area contributed by atoms with E-state index in [-0.39, 0.29) is 30.5 Å². The van der Waals surface area contributed by atoms with Crippen LogP contribution in [0, 0.1) is 0 Å². The van der Waals surface area contributed by atoms with Gasteiger partial charge in [0.25, 0.3) is 0 Å². The van der Waals surface area contributed by atoms with Crippen LogP contribution in [0.1, 0.15) is 30.2 Å². The summed E-state index contributed by atoms with van der Waals surface area (Å²) in [6, 6.07) is 8.92. The van der Waals surface area contributed by atoms with Gasteiger partial charge in [0.05, 0.1) is 18.4 Å². The number of ether oxygens (including phenoxy) is 1. The lowest BCUT2D eigenvalue weighted by Gasteiger charge is -2.13. The van der Waals surface area contributed by atoms with E-state index in [4.69, 9.17) is 9.15 Å². The number of benzene rings is 1. The standard InChI is InChI=1S/C20H26F3N3O2.HI/c1-2-27-12-5-10-24-19(25-11-9-18-8-4-13-28-18)26-15-16-6-3-7-17(14-16)20(21,22)23;/h3-4,6-8,13-14H,2,5,9-12,15H2,1H3,(H2,24,25,26);1H. The maximum Gasteiger partial charge on any atom is 0.416 e. The zero-order valence-electron chi connectivity index (χ0n) is 16.3. The maximum atomic E-state index is 12.9. The maximum absolute atomic E-state index is 12.9. The number of alkyl halides is 3. The Morgan fingerprint density at radius 3 is 2.62 bits per heavy atom. The second-order valence-corrected chi connectivity index (χ2v) is 6.10. The molecule has 0 fully saturated rings. The van der Waals surface area contributed by atoms with Crippen molar-refractivity contribution in [1.82, 2.24) is 10.6 Å². The van der Waals surface area contributed by atoms with E-state index in [0.717, 1.165) is 24.3 Å². The highest BCUT2D eigenvalue weighted by Gasteiger charge is 2.30. The molecule has 0 radical (unpaired) electrons. The topological polar surface area (TPSA) is 58.8 Å². The van der Waals surface area contributed by atoms with Crippen LogP contribution in [-0.4, -0.2) is 32.3 Å². The molecule has 1 aromatic heterocycles. The Kier molecular flexibility index (Phi) is 11.7. The van der Waals surface area contributed by atoms with Gasteiger partial charge in [-0.25, -0.2) is 4.99 Å². The number of nitrogens with zero attached hydrogens (tertiary/aromatic N) is 1. The molecule has 9 heteroatoms. The highest BCUT2D eigenvalue weighted by molar-refractivity contribution is 14.0. The third-order valence-corrected chi connectivity index (χ3v) is 3.88. The van der Waals surface area contributed by atoms with Crippen molar-refractivity contribution in [3.05, 3.63) is 59.5 Å². The van der Waals surface area contributed by atoms with Crippen molar-refractivity contribution in [3.8, 4) is 0 Å². The van der Waals surface area contributed by atoms with Crippen LogP contribution in [-0.2, 0) is 23.9 Å². The summed E-state index contributed by atoms with van der Waals surface area (Å²) in [5, 5.41) is 6.36. The van der Waals surface area contributed by atoms with Crippen molar-refractivity contribution >= 4 is 29.9 Å². The molecular weight excluding hydrogens is 498 g/mol. The fraction of sp³-hybridized carbons (Fsp3) is 0.450. The number of aliphatic imine (C=N–C) groups is 1. The van der Waals surface area contributed by atoms with Gasteiger partial charge in [0.2, 0.25) is 0 Å². The number of hydrogen-bond donors (Lipinski definition) is 2. The van der Waals surface area contributed by atoms with E-state index >= 15 is 0 Å². The van der Waals surface area contributed by atoms with Gasteiger partial charge in [-0.15, -0.1) is 24.0 Å². The molecule has 0 amide bonds. The lowest BCUT2D eigenvalue weighted by atomic mass is 10.1. The van der Waals surface area contributed by atoms with Crippen molar-refractivity contribution < 1.29 is 22.3 Å². The number of nitrogens with one attached hydrogen (secondary N) is 2. The summed E-state index contributed by atoms with van der Waals surface area (Å²) in [5.41, 5.74) is -0.173. The summed E-state index contributed by atoms with van der Waals surface area (Å²) in [6.07, 6.45) is -1.27. The van der Waals surface area contributed by atoms with Gasteiger partial charge in [0.1, 0.15) is 5.76 Å². The van der Waals surface area contributed by atoms with Crippen LogP contribution in [0.15, 0.2) is 52.1 Å². The number of halogens is 4. The van der Waals surface area contributed by atoms with Crippen molar-refractivity contribution in [2.75, 3.05) is 26.3 Å². The minimum Gasteiger partial charge on any atom is -0.469 e. The molecule has 0 unspecified atom stereocenters. The fourth-order valence-corrected chi connectivity index (χ4v) is 2.47. The Morgan fingerprint density at radius 1 is 1.14 bits per heavy atom. The number of hydrogen-bond acceptors (Lipinski definition) is 3. The molecule has 0 saturated heterocycles. The first-order valence-electron chi connectivity index (χ1n) is 9.27. The fourth-order valence-electron chi connectivity index (χ4n) is 2.47. The van der Waals surface area contributed by atoms with E-state index in [0.29, 0.717) is 44.2 Å². The van der Waals surface area contributed by atoms with Crippen LogP contribution in [0.2, 0.25) is 0 Å². The minimum atomic E-state index is -4.36. The molecule has 0 spiro atoms. The van der Waals surface area contributed by atoms with Gasteiger partial charge >= 0.3 is 6.18 Å². The molecule has 5 nitrogen and oxygen atoms in total. The molecule has 0 saturated carbocycles. The first-order chi connectivity index (χ1) is 13.5. The summed E-state index contributed by atoms with van der Waals surface area (Å²) in [4.78, 5) is 4.41. The van der Waals surface area contributed by atoms with Gasteiger partial charge in [-0.2, -0.15) is 13.2 Å².